The Kier molecular flexibility index (Phi) is 7.57. The normalized spacial score (nSPS) is 15.4. The molecule has 1 aliphatic rings. The van der Waals surface area contributed by atoms with Crippen LogP contribution in [0.5, 0.6) is 5.75 Å². The Bertz CT molecular complexity index is 1210. The second-order valence-electron chi connectivity index (χ2n) is 8.70. The molecule has 0 bridgehead atoms. The van der Waals surface area contributed by atoms with Crippen molar-refractivity contribution in [2.24, 2.45) is 5.92 Å². The van der Waals surface area contributed by atoms with E-state index in [0.29, 0.717) is 23.4 Å². The highest BCUT2D eigenvalue weighted by atomic mass is 19.4. The standard InChI is InChI=1S/C25H28F3N5O2/c1-2-32-9-5-17(6-10-32)8-14-35-21-4-3-18(15-20(21)25(26,27)28)23-19-7-11-33(12-13-34)24(19)31-22(16-29)30-23/h3-4,7,11,15,17,34H,2,5-6,8-10,12-14H2,1H3. The number of benzene rings is 1. The number of aliphatic hydroxyl groups excluding tert-OH is 1. The highest BCUT2D eigenvalue weighted by molar-refractivity contribution is 5.91. The lowest BCUT2D eigenvalue weighted by atomic mass is 9.94. The first-order chi connectivity index (χ1) is 16.8. The molecule has 0 unspecified atom stereocenters. The van der Waals surface area contributed by atoms with Crippen LogP contribution < -0.4 is 4.74 Å². The fraction of sp³-hybridized carbons (Fsp3) is 0.480. The minimum absolute atomic E-state index is 0.146. The van der Waals surface area contributed by atoms with E-state index in [9.17, 15) is 23.5 Å². The van der Waals surface area contributed by atoms with Crippen molar-refractivity contribution >= 4 is 11.0 Å². The van der Waals surface area contributed by atoms with E-state index in [-0.39, 0.29) is 42.6 Å². The summed E-state index contributed by atoms with van der Waals surface area (Å²) in [5.74, 6) is 0.0809. The maximum atomic E-state index is 14.0. The van der Waals surface area contributed by atoms with Crippen LogP contribution in [0.1, 0.15) is 37.6 Å². The third kappa shape index (κ3) is 5.57. The Morgan fingerprint density at radius 1 is 1.20 bits per heavy atom. The molecule has 3 heterocycles. The highest BCUT2D eigenvalue weighted by Crippen LogP contribution is 2.40. The quantitative estimate of drug-likeness (QED) is 0.504. The zero-order chi connectivity index (χ0) is 25.0. The summed E-state index contributed by atoms with van der Waals surface area (Å²) >= 11 is 0. The van der Waals surface area contributed by atoms with Crippen molar-refractivity contribution in [3.05, 3.63) is 41.9 Å². The summed E-state index contributed by atoms with van der Waals surface area (Å²) in [7, 11) is 0. The van der Waals surface area contributed by atoms with Gasteiger partial charge < -0.3 is 19.3 Å². The van der Waals surface area contributed by atoms with Crippen molar-refractivity contribution < 1.29 is 23.0 Å². The maximum Gasteiger partial charge on any atom is 0.419 e. The number of nitriles is 1. The predicted molar refractivity (Wildman–Crippen MR) is 125 cm³/mol. The number of aromatic nitrogens is 3. The van der Waals surface area contributed by atoms with Crippen LogP contribution in [0.3, 0.4) is 0 Å². The Balaban J connectivity index is 1.60. The smallest absolute Gasteiger partial charge is 0.419 e. The van der Waals surface area contributed by atoms with E-state index in [1.54, 1.807) is 16.8 Å². The molecule has 1 fully saturated rings. The minimum Gasteiger partial charge on any atom is -0.493 e. The van der Waals surface area contributed by atoms with Gasteiger partial charge in [-0.05, 0) is 69.1 Å². The third-order valence-electron chi connectivity index (χ3n) is 6.56. The van der Waals surface area contributed by atoms with Gasteiger partial charge in [0.25, 0.3) is 0 Å². The van der Waals surface area contributed by atoms with Crippen LogP contribution in [0.4, 0.5) is 13.2 Å². The lowest BCUT2D eigenvalue weighted by Crippen LogP contribution is -2.33. The Morgan fingerprint density at radius 2 is 1.97 bits per heavy atom. The van der Waals surface area contributed by atoms with E-state index in [4.69, 9.17) is 4.74 Å². The molecule has 2 aromatic heterocycles. The first-order valence-corrected chi connectivity index (χ1v) is 11.8. The fourth-order valence-electron chi connectivity index (χ4n) is 4.57. The molecular formula is C25H28F3N5O2. The average molecular weight is 488 g/mol. The number of rotatable bonds is 8. The van der Waals surface area contributed by atoms with Gasteiger partial charge in [0.2, 0.25) is 5.82 Å². The lowest BCUT2D eigenvalue weighted by Gasteiger charge is -2.31. The number of ether oxygens (including phenoxy) is 1. The van der Waals surface area contributed by atoms with E-state index in [2.05, 4.69) is 21.8 Å². The van der Waals surface area contributed by atoms with Gasteiger partial charge in [0.1, 0.15) is 17.5 Å². The summed E-state index contributed by atoms with van der Waals surface area (Å²) in [6.07, 6.45) is -0.183. The first-order valence-electron chi connectivity index (χ1n) is 11.8. The van der Waals surface area contributed by atoms with Crippen molar-refractivity contribution in [3.8, 4) is 23.1 Å². The molecule has 0 amide bonds. The molecule has 10 heteroatoms. The number of likely N-dealkylation sites (tertiary alicyclic amines) is 1. The Morgan fingerprint density at radius 3 is 2.63 bits per heavy atom. The second-order valence-corrected chi connectivity index (χ2v) is 8.70. The summed E-state index contributed by atoms with van der Waals surface area (Å²) < 4.78 is 49.2. The van der Waals surface area contributed by atoms with Gasteiger partial charge in [-0.15, -0.1) is 0 Å². The number of fused-ring (bicyclic) bond motifs is 1. The number of aliphatic hydroxyl groups is 1. The maximum absolute atomic E-state index is 14.0. The van der Waals surface area contributed by atoms with Crippen LogP contribution in [0, 0.1) is 17.2 Å². The van der Waals surface area contributed by atoms with Gasteiger partial charge in [-0.1, -0.05) is 6.92 Å². The van der Waals surface area contributed by atoms with E-state index < -0.39 is 11.7 Å². The van der Waals surface area contributed by atoms with Gasteiger partial charge in [0.15, 0.2) is 0 Å². The molecule has 0 radical (unpaired) electrons. The molecular weight excluding hydrogens is 459 g/mol. The van der Waals surface area contributed by atoms with Crippen molar-refractivity contribution in [1.29, 1.82) is 5.26 Å². The number of alkyl halides is 3. The second kappa shape index (κ2) is 10.6. The molecule has 0 saturated carbocycles. The van der Waals surface area contributed by atoms with Crippen LogP contribution in [0.25, 0.3) is 22.3 Å². The Labute approximate surface area is 201 Å². The number of piperidine rings is 1. The van der Waals surface area contributed by atoms with Gasteiger partial charge in [-0.2, -0.15) is 18.4 Å². The van der Waals surface area contributed by atoms with Gasteiger partial charge in [0.05, 0.1) is 24.5 Å². The van der Waals surface area contributed by atoms with Crippen LogP contribution in [-0.2, 0) is 12.7 Å². The average Bonchev–Trinajstić information content (AvgIpc) is 3.26. The summed E-state index contributed by atoms with van der Waals surface area (Å²) in [4.78, 5) is 10.7. The minimum atomic E-state index is -4.62. The molecule has 1 aliphatic heterocycles. The zero-order valence-corrected chi connectivity index (χ0v) is 19.6. The first kappa shape index (κ1) is 24.9. The molecule has 4 rings (SSSR count). The molecule has 1 aromatic carbocycles. The molecule has 186 valence electrons. The fourth-order valence-corrected chi connectivity index (χ4v) is 4.57. The molecule has 1 N–H and O–H groups in total. The van der Waals surface area contributed by atoms with Gasteiger partial charge in [-0.25, -0.2) is 9.97 Å². The summed E-state index contributed by atoms with van der Waals surface area (Å²) in [5.41, 5.74) is -0.0651. The van der Waals surface area contributed by atoms with E-state index in [1.165, 1.54) is 12.1 Å². The molecule has 3 aromatic rings. The van der Waals surface area contributed by atoms with Gasteiger partial charge in [0, 0.05) is 23.7 Å². The monoisotopic (exact) mass is 487 g/mol. The molecule has 1 saturated heterocycles. The SMILES string of the molecule is CCN1CCC(CCOc2ccc(-c3nc(C#N)nc4c3ccn4CCO)cc2C(F)(F)F)CC1. The highest BCUT2D eigenvalue weighted by Gasteiger charge is 2.35. The number of halogens is 3. The molecule has 0 atom stereocenters. The molecule has 0 spiro atoms. The van der Waals surface area contributed by atoms with E-state index in [0.717, 1.165) is 38.5 Å². The number of hydrogen-bond donors (Lipinski definition) is 1. The summed E-state index contributed by atoms with van der Waals surface area (Å²) in [5, 5.41) is 19.1. The number of nitrogens with zero attached hydrogens (tertiary/aromatic N) is 5. The van der Waals surface area contributed by atoms with Gasteiger partial charge >= 0.3 is 6.18 Å². The van der Waals surface area contributed by atoms with Crippen molar-refractivity contribution in [3.63, 3.8) is 0 Å². The lowest BCUT2D eigenvalue weighted by molar-refractivity contribution is -0.138. The van der Waals surface area contributed by atoms with Crippen LogP contribution in [0.2, 0.25) is 0 Å². The summed E-state index contributed by atoms with van der Waals surface area (Å²) in [6, 6.07) is 7.39. The van der Waals surface area contributed by atoms with Crippen molar-refractivity contribution in [2.45, 2.75) is 38.9 Å². The third-order valence-corrected chi connectivity index (χ3v) is 6.56. The number of hydrogen-bond acceptors (Lipinski definition) is 6. The Hall–Kier alpha value is -3.16. The van der Waals surface area contributed by atoms with E-state index >= 15 is 0 Å². The van der Waals surface area contributed by atoms with Gasteiger partial charge in [-0.3, -0.25) is 0 Å². The zero-order valence-electron chi connectivity index (χ0n) is 19.6. The molecule has 7 nitrogen and oxygen atoms in total. The van der Waals surface area contributed by atoms with E-state index in [1.807, 2.05) is 6.07 Å². The summed E-state index contributed by atoms with van der Waals surface area (Å²) in [6.45, 7) is 5.49. The van der Waals surface area contributed by atoms with Crippen LogP contribution in [-0.4, -0.2) is 57.4 Å². The van der Waals surface area contributed by atoms with Crippen molar-refractivity contribution in [2.75, 3.05) is 32.8 Å². The molecule has 35 heavy (non-hydrogen) atoms. The predicted octanol–water partition coefficient (Wildman–Crippen LogP) is 4.48. The van der Waals surface area contributed by atoms with Crippen LogP contribution in [0.15, 0.2) is 30.5 Å². The molecule has 0 aliphatic carbocycles. The van der Waals surface area contributed by atoms with Crippen LogP contribution >= 0.6 is 0 Å². The van der Waals surface area contributed by atoms with Crippen molar-refractivity contribution in [1.82, 2.24) is 19.4 Å². The topological polar surface area (TPSA) is 87.2 Å². The largest absolute Gasteiger partial charge is 0.493 e.